The molecule has 0 aliphatic heterocycles. The Hall–Kier alpha value is -1.88. The van der Waals surface area contributed by atoms with E-state index in [1.807, 2.05) is 19.1 Å². The molecule has 1 saturated carbocycles. The van der Waals surface area contributed by atoms with E-state index in [1.165, 1.54) is 0 Å². The van der Waals surface area contributed by atoms with Crippen LogP contribution in [0.2, 0.25) is 0 Å². The Morgan fingerprint density at radius 2 is 1.75 bits per heavy atom. The van der Waals surface area contributed by atoms with Gasteiger partial charge in [0.2, 0.25) is 0 Å². The fraction of sp³-hybridized carbons (Fsp3) is 0.467. The standard InChI is InChI=1S/C15H20N2O3/c1-10-6-8-11(9-7-10)16-14(19)15(20)17-12-4-2-3-5-13(12)18/h6-9,12-13,18H,2-5H2,1H3,(H,16,19)(H,17,20). The van der Waals surface area contributed by atoms with Gasteiger partial charge in [0.25, 0.3) is 0 Å². The molecule has 1 aliphatic carbocycles. The van der Waals surface area contributed by atoms with E-state index in [9.17, 15) is 14.7 Å². The summed E-state index contributed by atoms with van der Waals surface area (Å²) in [5, 5.41) is 14.9. The second-order valence-electron chi connectivity index (χ2n) is 5.25. The average Bonchev–Trinajstić information content (AvgIpc) is 2.44. The summed E-state index contributed by atoms with van der Waals surface area (Å²) in [6.45, 7) is 1.95. The Labute approximate surface area is 118 Å². The van der Waals surface area contributed by atoms with Gasteiger partial charge in [-0.2, -0.15) is 0 Å². The summed E-state index contributed by atoms with van der Waals surface area (Å²) in [5.74, 6) is -1.40. The Bertz CT molecular complexity index is 484. The molecule has 1 fully saturated rings. The van der Waals surface area contributed by atoms with E-state index in [-0.39, 0.29) is 6.04 Å². The van der Waals surface area contributed by atoms with Gasteiger partial charge in [-0.05, 0) is 31.9 Å². The van der Waals surface area contributed by atoms with E-state index in [1.54, 1.807) is 12.1 Å². The van der Waals surface area contributed by atoms with E-state index >= 15 is 0 Å². The highest BCUT2D eigenvalue weighted by Gasteiger charge is 2.26. The normalized spacial score (nSPS) is 22.1. The maximum atomic E-state index is 11.8. The molecule has 1 aliphatic rings. The minimum atomic E-state index is -0.702. The predicted molar refractivity (Wildman–Crippen MR) is 76.2 cm³/mol. The van der Waals surface area contributed by atoms with Crippen molar-refractivity contribution in [3.05, 3.63) is 29.8 Å². The van der Waals surface area contributed by atoms with Crippen LogP contribution in [-0.2, 0) is 9.59 Å². The summed E-state index contributed by atoms with van der Waals surface area (Å²) in [6, 6.07) is 6.89. The molecule has 5 nitrogen and oxygen atoms in total. The quantitative estimate of drug-likeness (QED) is 0.714. The van der Waals surface area contributed by atoms with Crippen LogP contribution in [0.4, 0.5) is 5.69 Å². The van der Waals surface area contributed by atoms with Crippen molar-refractivity contribution in [1.82, 2.24) is 5.32 Å². The van der Waals surface area contributed by atoms with E-state index < -0.39 is 17.9 Å². The number of nitrogens with one attached hydrogen (secondary N) is 2. The van der Waals surface area contributed by atoms with Crippen molar-refractivity contribution in [1.29, 1.82) is 0 Å². The first-order chi connectivity index (χ1) is 9.56. The first kappa shape index (κ1) is 14.5. The van der Waals surface area contributed by atoms with Crippen molar-refractivity contribution in [3.8, 4) is 0 Å². The van der Waals surface area contributed by atoms with Crippen molar-refractivity contribution in [3.63, 3.8) is 0 Å². The molecule has 0 bridgehead atoms. The van der Waals surface area contributed by atoms with Gasteiger partial charge >= 0.3 is 11.8 Å². The fourth-order valence-corrected chi connectivity index (χ4v) is 2.34. The van der Waals surface area contributed by atoms with Crippen molar-refractivity contribution in [2.45, 2.75) is 44.8 Å². The van der Waals surface area contributed by atoms with Gasteiger partial charge in [-0.25, -0.2) is 0 Å². The van der Waals surface area contributed by atoms with Gasteiger partial charge < -0.3 is 15.7 Å². The highest BCUT2D eigenvalue weighted by atomic mass is 16.3. The number of aryl methyl sites for hydroxylation is 1. The van der Waals surface area contributed by atoms with Crippen LogP contribution in [0.3, 0.4) is 0 Å². The second-order valence-corrected chi connectivity index (χ2v) is 5.25. The third-order valence-electron chi connectivity index (χ3n) is 3.56. The molecule has 1 aromatic carbocycles. The van der Waals surface area contributed by atoms with E-state index in [0.717, 1.165) is 18.4 Å². The summed E-state index contributed by atoms with van der Waals surface area (Å²) in [6.07, 6.45) is 2.75. The SMILES string of the molecule is Cc1ccc(NC(=O)C(=O)NC2CCCCC2O)cc1. The summed E-state index contributed by atoms with van der Waals surface area (Å²) in [4.78, 5) is 23.6. The number of anilines is 1. The molecule has 2 atom stereocenters. The Morgan fingerprint density at radius 1 is 1.10 bits per heavy atom. The number of hydrogen-bond donors (Lipinski definition) is 3. The molecule has 2 amide bonds. The topological polar surface area (TPSA) is 78.4 Å². The minimum absolute atomic E-state index is 0.319. The largest absolute Gasteiger partial charge is 0.391 e. The number of aliphatic hydroxyl groups excluding tert-OH is 1. The molecule has 2 rings (SSSR count). The number of aliphatic hydroxyl groups is 1. The van der Waals surface area contributed by atoms with Gasteiger partial charge in [-0.3, -0.25) is 9.59 Å². The molecule has 1 aromatic rings. The van der Waals surface area contributed by atoms with Crippen LogP contribution >= 0.6 is 0 Å². The monoisotopic (exact) mass is 276 g/mol. The highest BCUT2D eigenvalue weighted by molar-refractivity contribution is 6.39. The lowest BCUT2D eigenvalue weighted by molar-refractivity contribution is -0.137. The number of benzene rings is 1. The van der Waals surface area contributed by atoms with Gasteiger partial charge in [0.15, 0.2) is 0 Å². The molecule has 0 radical (unpaired) electrons. The van der Waals surface area contributed by atoms with Gasteiger partial charge in [0.1, 0.15) is 0 Å². The lowest BCUT2D eigenvalue weighted by Crippen LogP contribution is -2.48. The van der Waals surface area contributed by atoms with Crippen LogP contribution in [-0.4, -0.2) is 29.1 Å². The highest BCUT2D eigenvalue weighted by Crippen LogP contribution is 2.18. The lowest BCUT2D eigenvalue weighted by atomic mass is 9.92. The van der Waals surface area contributed by atoms with Gasteiger partial charge in [-0.1, -0.05) is 30.5 Å². The third kappa shape index (κ3) is 3.81. The van der Waals surface area contributed by atoms with Gasteiger partial charge in [0, 0.05) is 5.69 Å². The van der Waals surface area contributed by atoms with Crippen molar-refractivity contribution >= 4 is 17.5 Å². The summed E-state index contributed by atoms with van der Waals surface area (Å²) < 4.78 is 0. The Balaban J connectivity index is 1.88. The molecule has 108 valence electrons. The van der Waals surface area contributed by atoms with Crippen LogP contribution < -0.4 is 10.6 Å². The molecule has 0 heterocycles. The number of amides is 2. The number of carbonyl (C=O) groups excluding carboxylic acids is 2. The zero-order valence-electron chi connectivity index (χ0n) is 11.6. The van der Waals surface area contributed by atoms with E-state index in [4.69, 9.17) is 0 Å². The first-order valence-corrected chi connectivity index (χ1v) is 6.93. The fourth-order valence-electron chi connectivity index (χ4n) is 2.34. The maximum Gasteiger partial charge on any atom is 0.313 e. The summed E-state index contributed by atoms with van der Waals surface area (Å²) in [7, 11) is 0. The third-order valence-corrected chi connectivity index (χ3v) is 3.56. The van der Waals surface area contributed by atoms with Crippen LogP contribution in [0.5, 0.6) is 0 Å². The molecule has 0 saturated heterocycles. The number of rotatable bonds is 2. The average molecular weight is 276 g/mol. The zero-order valence-corrected chi connectivity index (χ0v) is 11.6. The van der Waals surface area contributed by atoms with Crippen LogP contribution in [0, 0.1) is 6.92 Å². The molecule has 2 unspecified atom stereocenters. The molecule has 0 spiro atoms. The van der Waals surface area contributed by atoms with Gasteiger partial charge in [-0.15, -0.1) is 0 Å². The van der Waals surface area contributed by atoms with E-state index in [0.29, 0.717) is 18.5 Å². The molecule has 20 heavy (non-hydrogen) atoms. The molecule has 5 heteroatoms. The molecular formula is C15H20N2O3. The van der Waals surface area contributed by atoms with Crippen LogP contribution in [0.1, 0.15) is 31.2 Å². The van der Waals surface area contributed by atoms with E-state index in [2.05, 4.69) is 10.6 Å². The summed E-state index contributed by atoms with van der Waals surface area (Å²) in [5.41, 5.74) is 1.66. The number of carbonyl (C=O) groups is 2. The Kier molecular flexibility index (Phi) is 4.74. The maximum absolute atomic E-state index is 11.8. The lowest BCUT2D eigenvalue weighted by Gasteiger charge is -2.27. The molecule has 3 N–H and O–H groups in total. The Morgan fingerprint density at radius 3 is 2.40 bits per heavy atom. The molecule has 0 aromatic heterocycles. The smallest absolute Gasteiger partial charge is 0.313 e. The number of hydrogen-bond acceptors (Lipinski definition) is 3. The zero-order chi connectivity index (χ0) is 14.5. The van der Waals surface area contributed by atoms with Crippen molar-refractivity contribution in [2.75, 3.05) is 5.32 Å². The first-order valence-electron chi connectivity index (χ1n) is 6.93. The minimum Gasteiger partial charge on any atom is -0.391 e. The summed E-state index contributed by atoms with van der Waals surface area (Å²) >= 11 is 0. The van der Waals surface area contributed by atoms with Crippen molar-refractivity contribution in [2.24, 2.45) is 0 Å². The van der Waals surface area contributed by atoms with Crippen molar-refractivity contribution < 1.29 is 14.7 Å². The van der Waals surface area contributed by atoms with Crippen LogP contribution in [0.25, 0.3) is 0 Å². The predicted octanol–water partition coefficient (Wildman–Crippen LogP) is 1.35. The van der Waals surface area contributed by atoms with Gasteiger partial charge in [0.05, 0.1) is 12.1 Å². The second kappa shape index (κ2) is 6.52. The van der Waals surface area contributed by atoms with Crippen LogP contribution in [0.15, 0.2) is 24.3 Å². The molecular weight excluding hydrogens is 256 g/mol.